The second kappa shape index (κ2) is 4.72. The highest BCUT2D eigenvalue weighted by Crippen LogP contribution is 2.38. The fourth-order valence-electron chi connectivity index (χ4n) is 3.44. The predicted molar refractivity (Wildman–Crippen MR) is 79.6 cm³/mol. The molecule has 1 aliphatic carbocycles. The molecule has 0 spiro atoms. The molecule has 104 valence electrons. The molecule has 1 saturated heterocycles. The summed E-state index contributed by atoms with van der Waals surface area (Å²) in [6.45, 7) is 0.858. The van der Waals surface area contributed by atoms with Gasteiger partial charge in [-0.3, -0.25) is 0 Å². The van der Waals surface area contributed by atoms with Crippen LogP contribution in [0.2, 0.25) is 0 Å². The van der Waals surface area contributed by atoms with Gasteiger partial charge in [0.25, 0.3) is 0 Å². The van der Waals surface area contributed by atoms with Crippen LogP contribution in [0.4, 0.5) is 5.82 Å². The van der Waals surface area contributed by atoms with Crippen LogP contribution in [0.25, 0.3) is 10.9 Å². The van der Waals surface area contributed by atoms with Gasteiger partial charge in [-0.15, -0.1) is 0 Å². The lowest BCUT2D eigenvalue weighted by Crippen LogP contribution is -2.69. The Hall–Kier alpha value is -1.65. The van der Waals surface area contributed by atoms with Crippen LogP contribution in [0.1, 0.15) is 12.8 Å². The number of rotatable bonds is 2. The van der Waals surface area contributed by atoms with Gasteiger partial charge in [0.1, 0.15) is 5.82 Å². The highest BCUT2D eigenvalue weighted by Gasteiger charge is 2.50. The van der Waals surface area contributed by atoms with E-state index >= 15 is 0 Å². The van der Waals surface area contributed by atoms with E-state index in [9.17, 15) is 0 Å². The summed E-state index contributed by atoms with van der Waals surface area (Å²) >= 11 is 0. The quantitative estimate of drug-likeness (QED) is 0.877. The second-order valence-electron chi connectivity index (χ2n) is 5.78. The molecule has 1 aromatic carbocycles. The Kier molecular flexibility index (Phi) is 2.86. The summed E-state index contributed by atoms with van der Waals surface area (Å²) in [4.78, 5) is 4.65. The summed E-state index contributed by atoms with van der Waals surface area (Å²) in [6, 6.07) is 12.6. The van der Waals surface area contributed by atoms with Gasteiger partial charge in [-0.25, -0.2) is 4.98 Å². The number of hydrogen-bond donors (Lipinski definition) is 2. The molecule has 4 unspecified atom stereocenters. The van der Waals surface area contributed by atoms with E-state index in [2.05, 4.69) is 22.4 Å². The van der Waals surface area contributed by atoms with E-state index in [0.29, 0.717) is 5.92 Å². The van der Waals surface area contributed by atoms with Crippen molar-refractivity contribution < 1.29 is 4.74 Å². The largest absolute Gasteiger partial charge is 0.376 e. The van der Waals surface area contributed by atoms with Crippen molar-refractivity contribution in [2.75, 3.05) is 11.9 Å². The van der Waals surface area contributed by atoms with Gasteiger partial charge >= 0.3 is 0 Å². The molecular formula is C16H19N3O. The first-order valence-electron chi connectivity index (χ1n) is 7.32. The molecule has 2 aliphatic rings. The molecule has 2 fully saturated rings. The molecule has 0 radical (unpaired) electrons. The third kappa shape index (κ3) is 1.87. The van der Waals surface area contributed by atoms with Crippen LogP contribution in [0.15, 0.2) is 36.4 Å². The van der Waals surface area contributed by atoms with Gasteiger partial charge in [-0.2, -0.15) is 0 Å². The van der Waals surface area contributed by atoms with Crippen molar-refractivity contribution in [1.82, 2.24) is 4.98 Å². The average Bonchev–Trinajstić information content (AvgIpc) is 2.52. The van der Waals surface area contributed by atoms with Crippen molar-refractivity contribution in [3.63, 3.8) is 0 Å². The van der Waals surface area contributed by atoms with Crippen LogP contribution < -0.4 is 11.1 Å². The molecule has 0 amide bonds. The number of nitrogens with two attached hydrogens (primary N) is 1. The van der Waals surface area contributed by atoms with Gasteiger partial charge in [0.2, 0.25) is 0 Å². The number of para-hydroxylation sites is 1. The Morgan fingerprint density at radius 1 is 1.20 bits per heavy atom. The molecule has 4 rings (SSSR count). The minimum atomic E-state index is 0.175. The van der Waals surface area contributed by atoms with Crippen molar-refractivity contribution in [3.05, 3.63) is 36.4 Å². The maximum absolute atomic E-state index is 6.27. The Balaban J connectivity index is 1.55. The summed E-state index contributed by atoms with van der Waals surface area (Å²) in [7, 11) is 0. The maximum atomic E-state index is 6.27. The first-order valence-corrected chi connectivity index (χ1v) is 7.32. The molecule has 0 bridgehead atoms. The number of nitrogens with zero attached hydrogens (tertiary/aromatic N) is 1. The van der Waals surface area contributed by atoms with E-state index in [0.717, 1.165) is 29.7 Å². The Labute approximate surface area is 118 Å². The minimum Gasteiger partial charge on any atom is -0.376 e. The number of benzene rings is 1. The number of ether oxygens (including phenoxy) is 1. The molecule has 4 heteroatoms. The molecule has 4 nitrogen and oxygen atoms in total. The Morgan fingerprint density at radius 2 is 2.10 bits per heavy atom. The lowest BCUT2D eigenvalue weighted by molar-refractivity contribution is -0.104. The third-order valence-electron chi connectivity index (χ3n) is 4.59. The fourth-order valence-corrected chi connectivity index (χ4v) is 3.44. The van der Waals surface area contributed by atoms with Gasteiger partial charge in [-0.1, -0.05) is 18.2 Å². The molecule has 4 atom stereocenters. The van der Waals surface area contributed by atoms with Gasteiger partial charge in [-0.05, 0) is 31.0 Å². The minimum absolute atomic E-state index is 0.175. The molecule has 1 saturated carbocycles. The van der Waals surface area contributed by atoms with Crippen molar-refractivity contribution in [2.24, 2.45) is 11.7 Å². The number of nitrogens with one attached hydrogen (secondary N) is 1. The van der Waals surface area contributed by atoms with Crippen LogP contribution in [0.3, 0.4) is 0 Å². The molecule has 2 heterocycles. The van der Waals surface area contributed by atoms with Crippen molar-refractivity contribution in [1.29, 1.82) is 0 Å². The van der Waals surface area contributed by atoms with E-state index in [-0.39, 0.29) is 18.2 Å². The number of fused-ring (bicyclic) bond motifs is 2. The van der Waals surface area contributed by atoms with Crippen molar-refractivity contribution >= 4 is 16.7 Å². The number of hydrogen-bond acceptors (Lipinski definition) is 4. The summed E-state index contributed by atoms with van der Waals surface area (Å²) in [5.74, 6) is 1.40. The average molecular weight is 269 g/mol. The first kappa shape index (κ1) is 12.1. The smallest absolute Gasteiger partial charge is 0.127 e. The Bertz CT molecular complexity index is 630. The lowest BCUT2D eigenvalue weighted by atomic mass is 9.68. The molecular weight excluding hydrogens is 250 g/mol. The Morgan fingerprint density at radius 3 is 3.05 bits per heavy atom. The zero-order chi connectivity index (χ0) is 13.5. The topological polar surface area (TPSA) is 60.2 Å². The summed E-state index contributed by atoms with van der Waals surface area (Å²) in [6.07, 6.45) is 2.58. The van der Waals surface area contributed by atoms with E-state index in [1.807, 2.05) is 24.3 Å². The van der Waals surface area contributed by atoms with Crippen LogP contribution in [-0.4, -0.2) is 29.8 Å². The summed E-state index contributed by atoms with van der Waals surface area (Å²) in [5.41, 5.74) is 7.27. The van der Waals surface area contributed by atoms with Crippen LogP contribution in [0.5, 0.6) is 0 Å². The standard InChI is InChI=1S/C16H19N3O/c17-14-11-5-3-9-20-16(11)15(14)19-13-8-7-10-4-1-2-6-12(10)18-13/h1-2,4,6-8,11,14-16H,3,5,9,17H2,(H,18,19). The van der Waals surface area contributed by atoms with Crippen molar-refractivity contribution in [2.45, 2.75) is 31.0 Å². The van der Waals surface area contributed by atoms with Gasteiger partial charge in [0, 0.05) is 24.0 Å². The molecule has 20 heavy (non-hydrogen) atoms. The molecule has 1 aromatic heterocycles. The van der Waals surface area contributed by atoms with E-state index in [4.69, 9.17) is 10.5 Å². The molecule has 3 N–H and O–H groups in total. The van der Waals surface area contributed by atoms with E-state index < -0.39 is 0 Å². The summed E-state index contributed by atoms with van der Waals surface area (Å²) < 4.78 is 5.85. The lowest BCUT2D eigenvalue weighted by Gasteiger charge is -2.52. The maximum Gasteiger partial charge on any atom is 0.127 e. The zero-order valence-electron chi connectivity index (χ0n) is 11.3. The summed E-state index contributed by atoms with van der Waals surface area (Å²) in [5, 5.41) is 4.61. The van der Waals surface area contributed by atoms with Crippen LogP contribution >= 0.6 is 0 Å². The van der Waals surface area contributed by atoms with Gasteiger partial charge < -0.3 is 15.8 Å². The van der Waals surface area contributed by atoms with E-state index in [1.54, 1.807) is 0 Å². The van der Waals surface area contributed by atoms with Crippen LogP contribution in [-0.2, 0) is 4.74 Å². The highest BCUT2D eigenvalue weighted by molar-refractivity contribution is 5.80. The van der Waals surface area contributed by atoms with Gasteiger partial charge in [0.05, 0.1) is 17.7 Å². The number of pyridine rings is 1. The predicted octanol–water partition coefficient (Wildman–Crippen LogP) is 2.15. The van der Waals surface area contributed by atoms with Crippen molar-refractivity contribution in [3.8, 4) is 0 Å². The monoisotopic (exact) mass is 269 g/mol. The normalized spacial score (nSPS) is 32.5. The molecule has 2 aromatic rings. The fraction of sp³-hybridized carbons (Fsp3) is 0.438. The number of anilines is 1. The second-order valence-corrected chi connectivity index (χ2v) is 5.78. The zero-order valence-corrected chi connectivity index (χ0v) is 11.3. The number of aromatic nitrogens is 1. The third-order valence-corrected chi connectivity index (χ3v) is 4.59. The first-order chi connectivity index (χ1) is 9.83. The van der Waals surface area contributed by atoms with Gasteiger partial charge in [0.15, 0.2) is 0 Å². The van der Waals surface area contributed by atoms with Crippen LogP contribution in [0, 0.1) is 5.92 Å². The highest BCUT2D eigenvalue weighted by atomic mass is 16.5. The molecule has 1 aliphatic heterocycles. The van der Waals surface area contributed by atoms with E-state index in [1.165, 1.54) is 6.42 Å². The SMILES string of the molecule is NC1C2CCCOC2C1Nc1ccc2ccccc2n1.